The van der Waals surface area contributed by atoms with E-state index in [4.69, 9.17) is 9.47 Å². The average molecular weight is 397 g/mol. The van der Waals surface area contributed by atoms with E-state index in [-0.39, 0.29) is 0 Å². The number of aromatic nitrogens is 2. The smallest absolute Gasteiger partial charge is 0.433 e. The van der Waals surface area contributed by atoms with Gasteiger partial charge in [0, 0.05) is 12.5 Å². The van der Waals surface area contributed by atoms with Crippen LogP contribution in [-0.2, 0) is 6.18 Å². The number of fused-ring (bicyclic) bond motifs is 1. The Kier molecular flexibility index (Phi) is 5.53. The zero-order valence-corrected chi connectivity index (χ0v) is 15.8. The van der Waals surface area contributed by atoms with Crippen LogP contribution in [0.3, 0.4) is 0 Å². The fourth-order valence-electron chi connectivity index (χ4n) is 3.01. The Morgan fingerprint density at radius 3 is 2.50 bits per heavy atom. The van der Waals surface area contributed by atoms with Crippen LogP contribution in [0.5, 0.6) is 11.5 Å². The second-order valence-corrected chi connectivity index (χ2v) is 6.89. The Morgan fingerprint density at radius 2 is 1.86 bits per heavy atom. The van der Waals surface area contributed by atoms with Crippen LogP contribution in [0.2, 0.25) is 0 Å². The molecule has 1 N–H and O–H groups in total. The lowest BCUT2D eigenvalue weighted by molar-refractivity contribution is -0.145. The highest BCUT2D eigenvalue weighted by atomic mass is 19.4. The number of halogens is 3. The van der Waals surface area contributed by atoms with Gasteiger partial charge in [0.15, 0.2) is 17.2 Å². The quantitative estimate of drug-likeness (QED) is 0.842. The van der Waals surface area contributed by atoms with Crippen LogP contribution in [0, 0.1) is 0 Å². The van der Waals surface area contributed by atoms with Crippen molar-refractivity contribution < 1.29 is 27.4 Å². The molecule has 1 aromatic heterocycles. The van der Waals surface area contributed by atoms with Gasteiger partial charge in [-0.1, -0.05) is 6.07 Å². The minimum Gasteiger partial charge on any atom is -0.490 e. The zero-order chi connectivity index (χ0) is 20.5. The van der Waals surface area contributed by atoms with E-state index < -0.39 is 35.4 Å². The maximum Gasteiger partial charge on any atom is 0.433 e. The summed E-state index contributed by atoms with van der Waals surface area (Å²) in [6.45, 7) is 5.91. The highest BCUT2D eigenvalue weighted by molar-refractivity contribution is 5.95. The normalized spacial score (nSPS) is 15.2. The second-order valence-electron chi connectivity index (χ2n) is 6.89. The van der Waals surface area contributed by atoms with Crippen LogP contribution < -0.4 is 14.8 Å². The minimum atomic E-state index is -4.69. The minimum absolute atomic E-state index is 0.498. The molecule has 9 heteroatoms. The molecule has 1 atom stereocenters. The van der Waals surface area contributed by atoms with Crippen LogP contribution in [0.15, 0.2) is 24.4 Å². The van der Waals surface area contributed by atoms with Gasteiger partial charge in [0.05, 0.1) is 31.0 Å². The van der Waals surface area contributed by atoms with Gasteiger partial charge >= 0.3 is 6.18 Å². The van der Waals surface area contributed by atoms with Crippen LogP contribution in [-0.4, -0.2) is 28.9 Å². The highest BCUT2D eigenvalue weighted by Crippen LogP contribution is 2.35. The number of ether oxygens (including phenoxy) is 2. The van der Waals surface area contributed by atoms with E-state index in [2.05, 4.69) is 10.4 Å². The molecule has 1 aliphatic rings. The van der Waals surface area contributed by atoms with Crippen molar-refractivity contribution in [1.82, 2.24) is 15.1 Å². The maximum absolute atomic E-state index is 13.5. The number of amides is 1. The summed E-state index contributed by atoms with van der Waals surface area (Å²) in [7, 11) is 0. The fourth-order valence-corrected chi connectivity index (χ4v) is 3.01. The summed E-state index contributed by atoms with van der Waals surface area (Å²) in [4.78, 5) is 12.6. The third-order valence-corrected chi connectivity index (χ3v) is 4.42. The molecule has 1 aromatic carbocycles. The van der Waals surface area contributed by atoms with Gasteiger partial charge in [0.25, 0.3) is 5.91 Å². The van der Waals surface area contributed by atoms with E-state index in [9.17, 15) is 18.0 Å². The number of nitrogens with zero attached hydrogens (tertiary/aromatic N) is 2. The SMILES string of the molecule is CC(NC(=O)c1cnn(C(C)C)c1C(F)(F)F)c1ccc2c(c1)OCCCO2. The van der Waals surface area contributed by atoms with Crippen molar-refractivity contribution >= 4 is 5.91 Å². The summed E-state index contributed by atoms with van der Waals surface area (Å²) in [5.74, 6) is 0.330. The molecule has 1 amide bonds. The number of carbonyl (C=O) groups excluding carboxylic acids is 1. The van der Waals surface area contributed by atoms with Crippen molar-refractivity contribution in [2.24, 2.45) is 0 Å². The van der Waals surface area contributed by atoms with Crippen molar-refractivity contribution in [1.29, 1.82) is 0 Å². The van der Waals surface area contributed by atoms with Gasteiger partial charge in [-0.3, -0.25) is 9.48 Å². The first kappa shape index (κ1) is 20.0. The van der Waals surface area contributed by atoms with E-state index in [1.807, 2.05) is 0 Å². The molecule has 0 saturated heterocycles. The molecular formula is C19H22F3N3O3. The van der Waals surface area contributed by atoms with Crippen molar-refractivity contribution in [2.75, 3.05) is 13.2 Å². The van der Waals surface area contributed by atoms with Crippen molar-refractivity contribution in [3.63, 3.8) is 0 Å². The molecule has 0 bridgehead atoms. The van der Waals surface area contributed by atoms with Gasteiger partial charge in [-0.05, 0) is 38.5 Å². The topological polar surface area (TPSA) is 65.4 Å². The van der Waals surface area contributed by atoms with Crippen molar-refractivity contribution in [3.8, 4) is 11.5 Å². The average Bonchev–Trinajstić information content (AvgIpc) is 2.96. The Hall–Kier alpha value is -2.71. The van der Waals surface area contributed by atoms with Gasteiger partial charge in [0.2, 0.25) is 0 Å². The number of benzene rings is 1. The molecule has 0 saturated carbocycles. The standard InChI is InChI=1S/C19H22F3N3O3/c1-11(2)25-17(19(20,21)22)14(10-23-25)18(26)24-12(3)13-5-6-15-16(9-13)28-8-4-7-27-15/h5-6,9-12H,4,7-8H2,1-3H3,(H,24,26). The number of alkyl halides is 3. The highest BCUT2D eigenvalue weighted by Gasteiger charge is 2.40. The molecule has 1 unspecified atom stereocenters. The van der Waals surface area contributed by atoms with Crippen LogP contribution in [0.25, 0.3) is 0 Å². The lowest BCUT2D eigenvalue weighted by atomic mass is 10.1. The van der Waals surface area contributed by atoms with Crippen molar-refractivity contribution in [3.05, 3.63) is 41.2 Å². The lowest BCUT2D eigenvalue weighted by Gasteiger charge is -2.18. The van der Waals surface area contributed by atoms with E-state index in [0.717, 1.165) is 17.3 Å². The predicted octanol–water partition coefficient (Wildman–Crippen LogP) is 4.14. The summed E-state index contributed by atoms with van der Waals surface area (Å²) >= 11 is 0. The number of hydrogen-bond donors (Lipinski definition) is 1. The molecule has 6 nitrogen and oxygen atoms in total. The summed E-state index contributed by atoms with van der Waals surface area (Å²) < 4.78 is 52.4. The molecule has 0 radical (unpaired) electrons. The second kappa shape index (κ2) is 7.73. The maximum atomic E-state index is 13.5. The van der Waals surface area contributed by atoms with Crippen molar-refractivity contribution in [2.45, 2.75) is 45.5 Å². The first-order valence-corrected chi connectivity index (χ1v) is 9.03. The molecular weight excluding hydrogens is 375 g/mol. The first-order chi connectivity index (χ1) is 13.2. The van der Waals surface area contributed by atoms with Gasteiger partial charge in [-0.15, -0.1) is 0 Å². The number of hydrogen-bond acceptors (Lipinski definition) is 4. The zero-order valence-electron chi connectivity index (χ0n) is 15.8. The molecule has 0 spiro atoms. The third kappa shape index (κ3) is 4.07. The van der Waals surface area contributed by atoms with Gasteiger partial charge in [-0.2, -0.15) is 18.3 Å². The van der Waals surface area contributed by atoms with Crippen LogP contribution >= 0.6 is 0 Å². The molecule has 1 aliphatic heterocycles. The number of carbonyl (C=O) groups is 1. The molecule has 3 rings (SSSR count). The van der Waals surface area contributed by atoms with Gasteiger partial charge < -0.3 is 14.8 Å². The molecule has 28 heavy (non-hydrogen) atoms. The Bertz CT molecular complexity index is 862. The summed E-state index contributed by atoms with van der Waals surface area (Å²) in [6.07, 6.45) is -2.97. The van der Waals surface area contributed by atoms with E-state index >= 15 is 0 Å². The first-order valence-electron chi connectivity index (χ1n) is 9.03. The van der Waals surface area contributed by atoms with E-state index in [1.165, 1.54) is 0 Å². The number of rotatable bonds is 4. The van der Waals surface area contributed by atoms with Crippen LogP contribution in [0.1, 0.15) is 60.9 Å². The molecule has 0 aliphatic carbocycles. The summed E-state index contributed by atoms with van der Waals surface area (Å²) in [6, 6.07) is 4.15. The van der Waals surface area contributed by atoms with Crippen LogP contribution in [0.4, 0.5) is 13.2 Å². The number of nitrogens with one attached hydrogen (secondary N) is 1. The Balaban J connectivity index is 1.83. The summed E-state index contributed by atoms with van der Waals surface area (Å²) in [5.41, 5.74) is -0.851. The fraction of sp³-hybridized carbons (Fsp3) is 0.474. The third-order valence-electron chi connectivity index (χ3n) is 4.42. The molecule has 0 fully saturated rings. The monoisotopic (exact) mass is 397 g/mol. The Labute approximate surface area is 160 Å². The Morgan fingerprint density at radius 1 is 1.18 bits per heavy atom. The largest absolute Gasteiger partial charge is 0.490 e. The molecule has 2 heterocycles. The summed E-state index contributed by atoms with van der Waals surface area (Å²) in [5, 5.41) is 6.36. The lowest BCUT2D eigenvalue weighted by Crippen LogP contribution is -2.29. The van der Waals surface area contributed by atoms with E-state index in [1.54, 1.807) is 39.0 Å². The van der Waals surface area contributed by atoms with E-state index in [0.29, 0.717) is 30.3 Å². The van der Waals surface area contributed by atoms with Gasteiger partial charge in [-0.25, -0.2) is 0 Å². The van der Waals surface area contributed by atoms with Gasteiger partial charge in [0.1, 0.15) is 0 Å². The molecule has 152 valence electrons. The molecule has 2 aromatic rings. The predicted molar refractivity (Wildman–Crippen MR) is 95.5 cm³/mol.